The van der Waals surface area contributed by atoms with Crippen molar-refractivity contribution in [3.63, 3.8) is 0 Å². The number of rotatable bonds is 7. The summed E-state index contributed by atoms with van der Waals surface area (Å²) >= 11 is 0. The molecule has 0 saturated heterocycles. The van der Waals surface area contributed by atoms with Gasteiger partial charge >= 0.3 is 0 Å². The molecule has 1 heterocycles. The van der Waals surface area contributed by atoms with E-state index in [0.29, 0.717) is 5.82 Å². The number of hydrazine groups is 1. The molecule has 5 nitrogen and oxygen atoms in total. The van der Waals surface area contributed by atoms with Crippen LogP contribution in [0.1, 0.15) is 58.2 Å². The molecule has 4 N–H and O–H groups in total. The largest absolute Gasteiger partial charge is 0.370 e. The van der Waals surface area contributed by atoms with Gasteiger partial charge < -0.3 is 10.7 Å². The van der Waals surface area contributed by atoms with Crippen molar-refractivity contribution in [2.45, 2.75) is 58.8 Å². The van der Waals surface area contributed by atoms with Crippen molar-refractivity contribution in [3.05, 3.63) is 11.9 Å². The predicted molar refractivity (Wildman–Crippen MR) is 88.1 cm³/mol. The summed E-state index contributed by atoms with van der Waals surface area (Å²) in [5.74, 6) is 9.65. The Kier molecular flexibility index (Phi) is 6.23. The summed E-state index contributed by atoms with van der Waals surface area (Å²) < 4.78 is 0. The minimum absolute atomic E-state index is 0.683. The summed E-state index contributed by atoms with van der Waals surface area (Å²) in [5, 5.41) is 3.43. The second kappa shape index (κ2) is 8.17. The van der Waals surface area contributed by atoms with Gasteiger partial charge in [0.25, 0.3) is 0 Å². The first kappa shape index (κ1) is 16.0. The van der Waals surface area contributed by atoms with Gasteiger partial charge in [-0.15, -0.1) is 0 Å². The molecule has 0 bridgehead atoms. The van der Waals surface area contributed by atoms with E-state index in [9.17, 15) is 0 Å². The van der Waals surface area contributed by atoms with E-state index in [1.807, 2.05) is 6.07 Å². The van der Waals surface area contributed by atoms with Gasteiger partial charge in [0.2, 0.25) is 0 Å². The minimum atomic E-state index is 0.683. The van der Waals surface area contributed by atoms with Gasteiger partial charge in [0.15, 0.2) is 0 Å². The Morgan fingerprint density at radius 3 is 2.81 bits per heavy atom. The molecule has 5 heteroatoms. The molecule has 2 atom stereocenters. The zero-order valence-electron chi connectivity index (χ0n) is 13.4. The maximum Gasteiger partial charge on any atom is 0.145 e. The molecule has 0 amide bonds. The summed E-state index contributed by atoms with van der Waals surface area (Å²) in [6.45, 7) is 5.48. The van der Waals surface area contributed by atoms with Gasteiger partial charge in [0.1, 0.15) is 17.5 Å². The van der Waals surface area contributed by atoms with Gasteiger partial charge in [0.05, 0.1) is 0 Å². The highest BCUT2D eigenvalue weighted by Gasteiger charge is 2.18. The maximum absolute atomic E-state index is 5.48. The quantitative estimate of drug-likeness (QED) is 0.530. The average molecular weight is 291 g/mol. The third-order valence-electron chi connectivity index (χ3n) is 4.30. The molecule has 1 aromatic rings. The summed E-state index contributed by atoms with van der Waals surface area (Å²) in [6.07, 6.45) is 8.69. The Balaban J connectivity index is 1.85. The first-order valence-electron chi connectivity index (χ1n) is 8.29. The van der Waals surface area contributed by atoms with E-state index in [1.54, 1.807) is 0 Å². The number of nitrogens with one attached hydrogen (secondary N) is 2. The monoisotopic (exact) mass is 291 g/mol. The smallest absolute Gasteiger partial charge is 0.145 e. The summed E-state index contributed by atoms with van der Waals surface area (Å²) in [7, 11) is 0. The van der Waals surface area contributed by atoms with Crippen LogP contribution in [-0.2, 0) is 6.42 Å². The van der Waals surface area contributed by atoms with E-state index in [-0.39, 0.29) is 0 Å². The number of hydrogen-bond acceptors (Lipinski definition) is 5. The van der Waals surface area contributed by atoms with Gasteiger partial charge in [-0.2, -0.15) is 0 Å². The van der Waals surface area contributed by atoms with Crippen LogP contribution >= 0.6 is 0 Å². The van der Waals surface area contributed by atoms with Crippen LogP contribution in [0.2, 0.25) is 0 Å². The fraction of sp³-hybridized carbons (Fsp3) is 0.750. The topological polar surface area (TPSA) is 75.9 Å². The van der Waals surface area contributed by atoms with E-state index in [1.165, 1.54) is 32.1 Å². The van der Waals surface area contributed by atoms with Crippen molar-refractivity contribution in [2.75, 3.05) is 17.3 Å². The molecule has 0 aliphatic heterocycles. The lowest BCUT2D eigenvalue weighted by atomic mass is 9.81. The normalized spacial score (nSPS) is 22.0. The minimum Gasteiger partial charge on any atom is -0.370 e. The van der Waals surface area contributed by atoms with Crippen LogP contribution in [0, 0.1) is 11.8 Å². The molecule has 1 fully saturated rings. The second-order valence-electron chi connectivity index (χ2n) is 6.30. The summed E-state index contributed by atoms with van der Waals surface area (Å²) in [4.78, 5) is 8.91. The van der Waals surface area contributed by atoms with Crippen LogP contribution in [0.5, 0.6) is 0 Å². The third kappa shape index (κ3) is 5.16. The zero-order valence-corrected chi connectivity index (χ0v) is 13.4. The average Bonchev–Trinajstić information content (AvgIpc) is 2.47. The lowest BCUT2D eigenvalue weighted by Crippen LogP contribution is -2.17. The Morgan fingerprint density at radius 1 is 1.29 bits per heavy atom. The zero-order chi connectivity index (χ0) is 15.1. The maximum atomic E-state index is 5.48. The summed E-state index contributed by atoms with van der Waals surface area (Å²) in [5.41, 5.74) is 2.62. The Bertz CT molecular complexity index is 435. The van der Waals surface area contributed by atoms with Crippen LogP contribution in [0.4, 0.5) is 11.6 Å². The molecular formula is C16H29N5. The van der Waals surface area contributed by atoms with Gasteiger partial charge in [0, 0.05) is 19.0 Å². The van der Waals surface area contributed by atoms with Gasteiger partial charge in [-0.25, -0.2) is 15.8 Å². The molecular weight excluding hydrogens is 262 g/mol. The number of hydrogen-bond donors (Lipinski definition) is 3. The Labute approximate surface area is 128 Å². The highest BCUT2D eigenvalue weighted by Crippen LogP contribution is 2.30. The molecule has 1 saturated carbocycles. The molecule has 2 rings (SSSR count). The van der Waals surface area contributed by atoms with E-state index < -0.39 is 0 Å². The molecule has 0 radical (unpaired) electrons. The number of nitrogens with two attached hydrogens (primary N) is 1. The number of aryl methyl sites for hydroxylation is 1. The molecule has 1 aliphatic rings. The fourth-order valence-electron chi connectivity index (χ4n) is 3.22. The van der Waals surface area contributed by atoms with Crippen molar-refractivity contribution >= 4 is 11.6 Å². The summed E-state index contributed by atoms with van der Waals surface area (Å²) in [6, 6.07) is 1.88. The van der Waals surface area contributed by atoms with E-state index in [0.717, 1.165) is 42.9 Å². The second-order valence-corrected chi connectivity index (χ2v) is 6.30. The van der Waals surface area contributed by atoms with Crippen LogP contribution in [-0.4, -0.2) is 16.5 Å². The molecule has 118 valence electrons. The van der Waals surface area contributed by atoms with Gasteiger partial charge in [-0.1, -0.05) is 33.1 Å². The number of nitrogens with zero attached hydrogens (tertiary/aromatic N) is 2. The third-order valence-corrected chi connectivity index (χ3v) is 4.30. The van der Waals surface area contributed by atoms with Crippen molar-refractivity contribution in [1.82, 2.24) is 9.97 Å². The number of aromatic nitrogens is 2. The predicted octanol–water partition coefficient (Wildman–Crippen LogP) is 3.34. The molecule has 0 spiro atoms. The van der Waals surface area contributed by atoms with Crippen molar-refractivity contribution in [2.24, 2.45) is 17.7 Å². The molecule has 1 aromatic heterocycles. The molecule has 2 unspecified atom stereocenters. The van der Waals surface area contributed by atoms with E-state index in [4.69, 9.17) is 5.84 Å². The highest BCUT2D eigenvalue weighted by molar-refractivity contribution is 5.46. The van der Waals surface area contributed by atoms with Crippen molar-refractivity contribution in [3.8, 4) is 0 Å². The first-order chi connectivity index (χ1) is 10.2. The molecule has 1 aliphatic carbocycles. The standard InChI is InChI=1S/C16H29N5/c1-3-5-14-19-15(11-16(20-14)21-17)18-9-8-13-7-4-6-12(2)10-13/h11-13H,3-10,17H2,1-2H3,(H2,18,19,20,21). The van der Waals surface area contributed by atoms with Crippen LogP contribution in [0.3, 0.4) is 0 Å². The van der Waals surface area contributed by atoms with E-state index in [2.05, 4.69) is 34.6 Å². The highest BCUT2D eigenvalue weighted by atomic mass is 15.3. The SMILES string of the molecule is CCCc1nc(NN)cc(NCCC2CCCC(C)C2)n1. The van der Waals surface area contributed by atoms with Crippen molar-refractivity contribution in [1.29, 1.82) is 0 Å². The van der Waals surface area contributed by atoms with Crippen LogP contribution < -0.4 is 16.6 Å². The molecule has 21 heavy (non-hydrogen) atoms. The van der Waals surface area contributed by atoms with Crippen LogP contribution in [0.25, 0.3) is 0 Å². The van der Waals surface area contributed by atoms with Gasteiger partial charge in [-0.3, -0.25) is 0 Å². The van der Waals surface area contributed by atoms with E-state index >= 15 is 0 Å². The lowest BCUT2D eigenvalue weighted by Gasteiger charge is -2.26. The van der Waals surface area contributed by atoms with Crippen LogP contribution in [0.15, 0.2) is 6.07 Å². The van der Waals surface area contributed by atoms with Gasteiger partial charge in [-0.05, 0) is 31.1 Å². The number of nitrogen functional groups attached to an aromatic ring is 1. The first-order valence-corrected chi connectivity index (χ1v) is 8.29. The number of anilines is 2. The molecule has 0 aromatic carbocycles. The Hall–Kier alpha value is -1.36. The fourth-order valence-corrected chi connectivity index (χ4v) is 3.22. The Morgan fingerprint density at radius 2 is 2.10 bits per heavy atom. The van der Waals surface area contributed by atoms with Crippen molar-refractivity contribution < 1.29 is 0 Å². The lowest BCUT2D eigenvalue weighted by molar-refractivity contribution is 0.274.